The van der Waals surface area contributed by atoms with E-state index in [9.17, 15) is 0 Å². The van der Waals surface area contributed by atoms with E-state index >= 15 is 0 Å². The molecule has 0 aromatic heterocycles. The van der Waals surface area contributed by atoms with Crippen LogP contribution in [-0.2, 0) is 4.74 Å². The van der Waals surface area contributed by atoms with E-state index < -0.39 is 6.10 Å². The number of nitrogens with one attached hydrogen (secondary N) is 2. The molecule has 0 aliphatic carbocycles. The Morgan fingerprint density at radius 2 is 2.05 bits per heavy atom. The van der Waals surface area contributed by atoms with Crippen LogP contribution in [0.5, 0.6) is 0 Å². The maximum Gasteiger partial charge on any atom is 0.134 e. The molecule has 6 heteroatoms. The van der Waals surface area contributed by atoms with E-state index in [2.05, 4.69) is 17.6 Å². The van der Waals surface area contributed by atoms with E-state index in [1.165, 1.54) is 0 Å². The van der Waals surface area contributed by atoms with Crippen LogP contribution in [0.15, 0.2) is 0 Å². The first kappa shape index (κ1) is 21.1. The monoisotopic (exact) mass is 279 g/mol. The Morgan fingerprint density at radius 3 is 2.37 bits per heavy atom. The molecule has 1 rings (SSSR count). The number of aliphatic hydroxyl groups is 2. The van der Waals surface area contributed by atoms with Gasteiger partial charge in [-0.3, -0.25) is 5.32 Å². The standard InChI is InChI=1S/C6H16N2O.C5H11NO2.C2H6/c1-2-3-8-5-6(9)4-7;1-4(7)5-6-2-3-8-5;1-2/h6,8-9H,2-5,7H2,1H3;4-7H,2-3H2,1H3;1-2H3/t6-;4-,5?;/m11./s1. The van der Waals surface area contributed by atoms with Crippen molar-refractivity contribution in [1.29, 1.82) is 0 Å². The third-order valence-electron chi connectivity index (χ3n) is 2.26. The molecule has 0 aromatic rings. The van der Waals surface area contributed by atoms with Gasteiger partial charge in [0.15, 0.2) is 0 Å². The molecular formula is C13H33N3O3. The minimum absolute atomic E-state index is 0.130. The summed E-state index contributed by atoms with van der Waals surface area (Å²) < 4.78 is 5.05. The number of hydrogen-bond acceptors (Lipinski definition) is 6. The largest absolute Gasteiger partial charge is 0.390 e. The molecule has 6 N–H and O–H groups in total. The highest BCUT2D eigenvalue weighted by molar-refractivity contribution is 4.66. The van der Waals surface area contributed by atoms with E-state index in [0.29, 0.717) is 13.1 Å². The maximum absolute atomic E-state index is 8.90. The highest BCUT2D eigenvalue weighted by Gasteiger charge is 2.18. The predicted molar refractivity (Wildman–Crippen MR) is 79.0 cm³/mol. The summed E-state index contributed by atoms with van der Waals surface area (Å²) in [6, 6.07) is 0. The average Bonchev–Trinajstić information content (AvgIpc) is 2.96. The number of ether oxygens (including phenoxy) is 1. The average molecular weight is 279 g/mol. The Hall–Kier alpha value is -0.240. The summed E-state index contributed by atoms with van der Waals surface area (Å²) in [5.74, 6) is 0. The summed E-state index contributed by atoms with van der Waals surface area (Å²) in [7, 11) is 0. The molecule has 0 aromatic carbocycles. The first-order valence-electron chi connectivity index (χ1n) is 7.23. The van der Waals surface area contributed by atoms with E-state index in [-0.39, 0.29) is 12.3 Å². The van der Waals surface area contributed by atoms with E-state index in [0.717, 1.165) is 26.1 Å². The second-order valence-electron chi connectivity index (χ2n) is 4.08. The van der Waals surface area contributed by atoms with Gasteiger partial charge in [0.2, 0.25) is 0 Å². The van der Waals surface area contributed by atoms with E-state index in [4.69, 9.17) is 20.7 Å². The zero-order chi connectivity index (χ0) is 15.1. The summed E-state index contributed by atoms with van der Waals surface area (Å²) in [5.41, 5.74) is 5.16. The molecule has 1 heterocycles. The molecule has 0 bridgehead atoms. The first-order valence-corrected chi connectivity index (χ1v) is 7.23. The third-order valence-corrected chi connectivity index (χ3v) is 2.26. The second-order valence-corrected chi connectivity index (χ2v) is 4.08. The molecule has 118 valence electrons. The number of rotatable bonds is 6. The van der Waals surface area contributed by atoms with Crippen molar-refractivity contribution in [3.8, 4) is 0 Å². The first-order chi connectivity index (χ1) is 9.11. The van der Waals surface area contributed by atoms with Crippen LogP contribution >= 0.6 is 0 Å². The van der Waals surface area contributed by atoms with Crippen molar-refractivity contribution >= 4 is 0 Å². The SMILES string of the molecule is CC.CCCNC[C@H](O)CN.C[C@@H](O)C1NCCO1. The molecule has 1 fully saturated rings. The van der Waals surface area contributed by atoms with E-state index in [1.54, 1.807) is 6.92 Å². The van der Waals surface area contributed by atoms with Crippen molar-refractivity contribution in [2.75, 3.05) is 32.8 Å². The summed E-state index contributed by atoms with van der Waals surface area (Å²) in [6.07, 6.45) is 0.196. The van der Waals surface area contributed by atoms with Gasteiger partial charge in [-0.25, -0.2) is 0 Å². The zero-order valence-corrected chi connectivity index (χ0v) is 12.9. The lowest BCUT2D eigenvalue weighted by atomic mass is 10.3. The van der Waals surface area contributed by atoms with E-state index in [1.807, 2.05) is 13.8 Å². The van der Waals surface area contributed by atoms with Gasteiger partial charge in [0.1, 0.15) is 6.23 Å². The fraction of sp³-hybridized carbons (Fsp3) is 1.00. The molecule has 3 atom stereocenters. The number of hydrogen-bond donors (Lipinski definition) is 5. The molecule has 1 aliphatic heterocycles. The van der Waals surface area contributed by atoms with Crippen molar-refractivity contribution in [2.24, 2.45) is 5.73 Å². The molecule has 0 radical (unpaired) electrons. The Balaban J connectivity index is 0. The highest BCUT2D eigenvalue weighted by atomic mass is 16.5. The Bertz CT molecular complexity index is 165. The third kappa shape index (κ3) is 14.0. The molecule has 0 saturated carbocycles. The molecule has 1 saturated heterocycles. The number of aliphatic hydroxyl groups excluding tert-OH is 2. The Morgan fingerprint density at radius 1 is 1.42 bits per heavy atom. The van der Waals surface area contributed by atoms with Gasteiger partial charge in [0.25, 0.3) is 0 Å². The summed E-state index contributed by atoms with van der Waals surface area (Å²) >= 11 is 0. The molecule has 1 aliphatic rings. The second kappa shape index (κ2) is 15.8. The number of nitrogens with two attached hydrogens (primary N) is 1. The fourth-order valence-corrected chi connectivity index (χ4v) is 1.28. The minimum Gasteiger partial charge on any atom is -0.390 e. The van der Waals surface area contributed by atoms with Gasteiger partial charge in [-0.2, -0.15) is 0 Å². The van der Waals surface area contributed by atoms with Gasteiger partial charge in [0, 0.05) is 19.6 Å². The molecule has 0 amide bonds. The van der Waals surface area contributed by atoms with Crippen LogP contribution in [0.1, 0.15) is 34.1 Å². The quantitative estimate of drug-likeness (QED) is 0.426. The topological polar surface area (TPSA) is 99.8 Å². The Kier molecular flexibility index (Phi) is 17.5. The normalized spacial score (nSPS) is 20.7. The summed E-state index contributed by atoms with van der Waals surface area (Å²) in [5, 5.41) is 23.8. The summed E-state index contributed by atoms with van der Waals surface area (Å²) in [4.78, 5) is 0. The van der Waals surface area contributed by atoms with Crippen LogP contribution in [-0.4, -0.2) is 61.4 Å². The molecule has 1 unspecified atom stereocenters. The van der Waals surface area contributed by atoms with Crippen LogP contribution in [0.4, 0.5) is 0 Å². The smallest absolute Gasteiger partial charge is 0.134 e. The van der Waals surface area contributed by atoms with Crippen molar-refractivity contribution in [2.45, 2.75) is 52.6 Å². The van der Waals surface area contributed by atoms with Gasteiger partial charge in [-0.1, -0.05) is 20.8 Å². The highest BCUT2D eigenvalue weighted by Crippen LogP contribution is 1.99. The lowest BCUT2D eigenvalue weighted by molar-refractivity contribution is -0.00118. The zero-order valence-electron chi connectivity index (χ0n) is 12.9. The van der Waals surface area contributed by atoms with Crippen molar-refractivity contribution in [3.05, 3.63) is 0 Å². The van der Waals surface area contributed by atoms with Crippen LogP contribution in [0.25, 0.3) is 0 Å². The maximum atomic E-state index is 8.90. The molecule has 19 heavy (non-hydrogen) atoms. The fourth-order valence-electron chi connectivity index (χ4n) is 1.28. The van der Waals surface area contributed by atoms with Crippen molar-refractivity contribution < 1.29 is 14.9 Å². The summed E-state index contributed by atoms with van der Waals surface area (Å²) in [6.45, 7) is 11.3. The Labute approximate surface area is 117 Å². The van der Waals surface area contributed by atoms with Gasteiger partial charge in [-0.15, -0.1) is 0 Å². The van der Waals surface area contributed by atoms with Gasteiger partial charge in [0.05, 0.1) is 18.8 Å². The van der Waals surface area contributed by atoms with Gasteiger partial charge in [-0.05, 0) is 19.9 Å². The van der Waals surface area contributed by atoms with Crippen LogP contribution in [0.2, 0.25) is 0 Å². The van der Waals surface area contributed by atoms with Gasteiger partial charge < -0.3 is 26.0 Å². The lowest BCUT2D eigenvalue weighted by Crippen LogP contribution is -2.33. The lowest BCUT2D eigenvalue weighted by Gasteiger charge is -2.11. The van der Waals surface area contributed by atoms with Crippen molar-refractivity contribution in [3.63, 3.8) is 0 Å². The van der Waals surface area contributed by atoms with Crippen LogP contribution in [0, 0.1) is 0 Å². The van der Waals surface area contributed by atoms with Crippen molar-refractivity contribution in [1.82, 2.24) is 10.6 Å². The minimum atomic E-state index is -0.391. The predicted octanol–water partition coefficient (Wildman–Crippen LogP) is -0.355. The molecule has 6 nitrogen and oxygen atoms in total. The van der Waals surface area contributed by atoms with Gasteiger partial charge >= 0.3 is 0 Å². The molecular weight excluding hydrogens is 246 g/mol. The van der Waals surface area contributed by atoms with Crippen LogP contribution < -0.4 is 16.4 Å². The molecule has 0 spiro atoms. The van der Waals surface area contributed by atoms with Crippen LogP contribution in [0.3, 0.4) is 0 Å².